The summed E-state index contributed by atoms with van der Waals surface area (Å²) in [4.78, 5) is 11.1. The third-order valence-corrected chi connectivity index (χ3v) is 4.55. The molecule has 1 aromatic carbocycles. The Hall–Kier alpha value is -1.47. The molecule has 112 valence electrons. The molecule has 0 saturated carbocycles. The maximum Gasteiger partial charge on any atom is 0.310 e. The van der Waals surface area contributed by atoms with Crippen LogP contribution in [0.5, 0.6) is 0 Å². The van der Waals surface area contributed by atoms with Crippen molar-refractivity contribution in [1.82, 2.24) is 4.72 Å². The third kappa shape index (κ3) is 4.57. The van der Waals surface area contributed by atoms with E-state index in [1.807, 2.05) is 0 Å². The molecule has 1 unspecified atom stereocenters. The van der Waals surface area contributed by atoms with Gasteiger partial charge in [-0.2, -0.15) is 0 Å². The topological polar surface area (TPSA) is 83.5 Å². The molecule has 0 aliphatic heterocycles. The standard InChI is InChI=1S/C13H18FNO4S/c1-3-13(2,12(16)17)9-15-20(18,19)8-10-4-6-11(14)7-5-10/h4-7,15H,3,8-9H2,1-2H3,(H,16,17). The molecule has 20 heavy (non-hydrogen) atoms. The number of hydrogen-bond donors (Lipinski definition) is 2. The highest BCUT2D eigenvalue weighted by Crippen LogP contribution is 2.20. The van der Waals surface area contributed by atoms with E-state index in [9.17, 15) is 17.6 Å². The Morgan fingerprint density at radius 1 is 1.35 bits per heavy atom. The molecule has 0 bridgehead atoms. The Morgan fingerprint density at radius 2 is 1.90 bits per heavy atom. The van der Waals surface area contributed by atoms with E-state index in [1.165, 1.54) is 31.2 Å². The Kier molecular flexibility index (Phi) is 5.24. The van der Waals surface area contributed by atoms with Crippen LogP contribution in [0.3, 0.4) is 0 Å². The average molecular weight is 303 g/mol. The fourth-order valence-corrected chi connectivity index (χ4v) is 2.74. The molecular weight excluding hydrogens is 285 g/mol. The van der Waals surface area contributed by atoms with E-state index in [-0.39, 0.29) is 12.3 Å². The molecule has 0 fully saturated rings. The lowest BCUT2D eigenvalue weighted by Gasteiger charge is -2.23. The van der Waals surface area contributed by atoms with Crippen LogP contribution in [0.1, 0.15) is 25.8 Å². The fraction of sp³-hybridized carbons (Fsp3) is 0.462. The highest BCUT2D eigenvalue weighted by Gasteiger charge is 2.32. The van der Waals surface area contributed by atoms with Gasteiger partial charge in [0.1, 0.15) is 5.82 Å². The van der Waals surface area contributed by atoms with Crippen LogP contribution in [-0.4, -0.2) is 26.0 Å². The molecule has 0 radical (unpaired) electrons. The van der Waals surface area contributed by atoms with Gasteiger partial charge in [-0.1, -0.05) is 19.1 Å². The fourth-order valence-electron chi connectivity index (χ4n) is 1.47. The zero-order valence-corrected chi connectivity index (χ0v) is 12.2. The van der Waals surface area contributed by atoms with Crippen molar-refractivity contribution in [2.24, 2.45) is 5.41 Å². The molecular formula is C13H18FNO4S. The van der Waals surface area contributed by atoms with Crippen LogP contribution >= 0.6 is 0 Å². The molecule has 7 heteroatoms. The van der Waals surface area contributed by atoms with Crippen LogP contribution < -0.4 is 4.72 Å². The lowest BCUT2D eigenvalue weighted by molar-refractivity contribution is -0.147. The predicted octanol–water partition coefficient (Wildman–Crippen LogP) is 1.75. The molecule has 0 aliphatic rings. The van der Waals surface area contributed by atoms with E-state index >= 15 is 0 Å². The molecule has 0 amide bonds. The number of nitrogens with one attached hydrogen (secondary N) is 1. The van der Waals surface area contributed by atoms with E-state index in [1.54, 1.807) is 6.92 Å². The lowest BCUT2D eigenvalue weighted by Crippen LogP contribution is -2.40. The summed E-state index contributed by atoms with van der Waals surface area (Å²) >= 11 is 0. The second-order valence-electron chi connectivity index (χ2n) is 4.93. The monoisotopic (exact) mass is 303 g/mol. The number of sulfonamides is 1. The minimum atomic E-state index is -3.66. The summed E-state index contributed by atoms with van der Waals surface area (Å²) < 4.78 is 38.8. The maximum absolute atomic E-state index is 12.7. The minimum Gasteiger partial charge on any atom is -0.481 e. The van der Waals surface area contributed by atoms with Gasteiger partial charge >= 0.3 is 5.97 Å². The smallest absolute Gasteiger partial charge is 0.310 e. The van der Waals surface area contributed by atoms with Crippen molar-refractivity contribution in [3.63, 3.8) is 0 Å². The van der Waals surface area contributed by atoms with Gasteiger partial charge in [0.25, 0.3) is 0 Å². The minimum absolute atomic E-state index is 0.178. The van der Waals surface area contributed by atoms with Gasteiger partial charge in [0.15, 0.2) is 0 Å². The first-order chi connectivity index (χ1) is 9.18. The van der Waals surface area contributed by atoms with Crippen LogP contribution in [0.2, 0.25) is 0 Å². The number of benzene rings is 1. The Labute approximate surface area is 117 Å². The SMILES string of the molecule is CCC(C)(CNS(=O)(=O)Cc1ccc(F)cc1)C(=O)O. The molecule has 0 saturated heterocycles. The summed E-state index contributed by atoms with van der Waals surface area (Å²) in [6.45, 7) is 2.99. The molecule has 0 aromatic heterocycles. The molecule has 1 aromatic rings. The van der Waals surface area contributed by atoms with Gasteiger partial charge in [0.2, 0.25) is 10.0 Å². The molecule has 2 N–H and O–H groups in total. The molecule has 5 nitrogen and oxygen atoms in total. The number of aliphatic carboxylic acids is 1. The van der Waals surface area contributed by atoms with Crippen LogP contribution in [0.25, 0.3) is 0 Å². The number of hydrogen-bond acceptors (Lipinski definition) is 3. The van der Waals surface area contributed by atoms with Crippen LogP contribution in [0.15, 0.2) is 24.3 Å². The maximum atomic E-state index is 12.7. The van der Waals surface area contributed by atoms with Crippen molar-refractivity contribution in [2.75, 3.05) is 6.54 Å². The van der Waals surface area contributed by atoms with Crippen molar-refractivity contribution >= 4 is 16.0 Å². The zero-order chi connectivity index (χ0) is 15.4. The first-order valence-electron chi connectivity index (χ1n) is 6.14. The van der Waals surface area contributed by atoms with E-state index in [0.29, 0.717) is 12.0 Å². The summed E-state index contributed by atoms with van der Waals surface area (Å²) in [6.07, 6.45) is 0.307. The Bertz CT molecular complexity index is 571. The predicted molar refractivity (Wildman–Crippen MR) is 73.1 cm³/mol. The Balaban J connectivity index is 2.71. The summed E-state index contributed by atoms with van der Waals surface area (Å²) in [7, 11) is -3.66. The summed E-state index contributed by atoms with van der Waals surface area (Å²) in [5.74, 6) is -1.81. The van der Waals surface area contributed by atoms with Gasteiger partial charge in [-0.25, -0.2) is 17.5 Å². The second kappa shape index (κ2) is 6.32. The van der Waals surface area contributed by atoms with Crippen molar-refractivity contribution in [1.29, 1.82) is 0 Å². The van der Waals surface area contributed by atoms with Crippen molar-refractivity contribution in [3.8, 4) is 0 Å². The molecule has 0 aliphatic carbocycles. The van der Waals surface area contributed by atoms with Crippen molar-refractivity contribution < 1.29 is 22.7 Å². The van der Waals surface area contributed by atoms with Crippen molar-refractivity contribution in [3.05, 3.63) is 35.6 Å². The highest BCUT2D eigenvalue weighted by molar-refractivity contribution is 7.88. The largest absolute Gasteiger partial charge is 0.481 e. The van der Waals surface area contributed by atoms with E-state index in [0.717, 1.165) is 0 Å². The number of rotatable bonds is 7. The quantitative estimate of drug-likeness (QED) is 0.804. The number of carbonyl (C=O) groups is 1. The van der Waals surface area contributed by atoms with Gasteiger partial charge in [-0.3, -0.25) is 4.79 Å². The highest BCUT2D eigenvalue weighted by atomic mass is 32.2. The first kappa shape index (κ1) is 16.6. The summed E-state index contributed by atoms with van der Waals surface area (Å²) in [6, 6.07) is 5.12. The normalized spacial score (nSPS) is 14.8. The van der Waals surface area contributed by atoms with Crippen molar-refractivity contribution in [2.45, 2.75) is 26.0 Å². The Morgan fingerprint density at radius 3 is 2.35 bits per heavy atom. The summed E-state index contributed by atoms with van der Waals surface area (Å²) in [5, 5.41) is 9.07. The van der Waals surface area contributed by atoms with Gasteiger partial charge in [0, 0.05) is 6.54 Å². The first-order valence-corrected chi connectivity index (χ1v) is 7.79. The second-order valence-corrected chi connectivity index (χ2v) is 6.73. The van der Waals surface area contributed by atoms with Gasteiger partial charge in [-0.15, -0.1) is 0 Å². The van der Waals surface area contributed by atoms with Gasteiger partial charge in [-0.05, 0) is 31.0 Å². The van der Waals surface area contributed by atoms with Crippen LogP contribution in [0, 0.1) is 11.2 Å². The zero-order valence-electron chi connectivity index (χ0n) is 11.4. The molecule has 0 spiro atoms. The van der Waals surface area contributed by atoms with E-state index in [2.05, 4.69) is 4.72 Å². The molecule has 0 heterocycles. The van der Waals surface area contributed by atoms with E-state index < -0.39 is 27.2 Å². The van der Waals surface area contributed by atoms with Crippen LogP contribution in [0.4, 0.5) is 4.39 Å². The van der Waals surface area contributed by atoms with Gasteiger partial charge < -0.3 is 5.11 Å². The third-order valence-electron chi connectivity index (χ3n) is 3.25. The summed E-state index contributed by atoms with van der Waals surface area (Å²) in [5.41, 5.74) is -0.706. The average Bonchev–Trinajstić information content (AvgIpc) is 2.38. The number of carboxylic acids is 1. The number of carboxylic acid groups (broad SMARTS) is 1. The molecule has 1 atom stereocenters. The van der Waals surface area contributed by atoms with Crippen LogP contribution in [-0.2, 0) is 20.6 Å². The van der Waals surface area contributed by atoms with Gasteiger partial charge in [0.05, 0.1) is 11.2 Å². The lowest BCUT2D eigenvalue weighted by atomic mass is 9.88. The van der Waals surface area contributed by atoms with E-state index in [4.69, 9.17) is 5.11 Å². The number of halogens is 1. The molecule has 1 rings (SSSR count).